The van der Waals surface area contributed by atoms with Crippen LogP contribution in [0.4, 0.5) is 0 Å². The van der Waals surface area contributed by atoms with E-state index in [4.69, 9.17) is 0 Å². The number of hydrogen-bond donors (Lipinski definition) is 0. The van der Waals surface area contributed by atoms with Crippen molar-refractivity contribution in [2.45, 2.75) is 26.9 Å². The molecule has 0 aromatic carbocycles. The first-order valence-electron chi connectivity index (χ1n) is 6.29. The molecule has 0 aliphatic heterocycles. The molecule has 0 spiro atoms. The molecule has 0 saturated heterocycles. The van der Waals surface area contributed by atoms with Crippen molar-refractivity contribution in [3.05, 3.63) is 35.4 Å². The van der Waals surface area contributed by atoms with Gasteiger partial charge in [-0.05, 0) is 19.9 Å². The highest BCUT2D eigenvalue weighted by Gasteiger charge is 2.17. The van der Waals surface area contributed by atoms with Crippen molar-refractivity contribution in [2.75, 3.05) is 7.05 Å². The maximum absolute atomic E-state index is 12.3. The largest absolute Gasteiger partial charge is 0.336 e. The molecule has 19 heavy (non-hydrogen) atoms. The minimum Gasteiger partial charge on any atom is -0.336 e. The fraction of sp³-hybridized carbons (Fsp3) is 0.462. The fourth-order valence-corrected chi connectivity index (χ4v) is 1.89. The third kappa shape index (κ3) is 2.67. The minimum absolute atomic E-state index is 0.0309. The zero-order valence-electron chi connectivity index (χ0n) is 11.8. The van der Waals surface area contributed by atoms with Crippen LogP contribution >= 0.6 is 0 Å². The quantitative estimate of drug-likeness (QED) is 0.831. The summed E-state index contributed by atoms with van der Waals surface area (Å²) in [6, 6.07) is 1.93. The van der Waals surface area contributed by atoms with E-state index in [9.17, 15) is 4.79 Å². The number of amides is 1. The maximum atomic E-state index is 12.3. The normalized spacial score (nSPS) is 10.7. The van der Waals surface area contributed by atoms with Gasteiger partial charge in [0.15, 0.2) is 0 Å². The zero-order chi connectivity index (χ0) is 14.0. The number of rotatable bonds is 4. The Morgan fingerprint density at radius 3 is 2.74 bits per heavy atom. The van der Waals surface area contributed by atoms with E-state index in [1.54, 1.807) is 22.8 Å². The maximum Gasteiger partial charge on any atom is 0.257 e. The Morgan fingerprint density at radius 1 is 1.47 bits per heavy atom. The average Bonchev–Trinajstić information content (AvgIpc) is 2.97. The lowest BCUT2D eigenvalue weighted by molar-refractivity contribution is 0.0782. The molecular weight excluding hydrogens is 242 g/mol. The predicted octanol–water partition coefficient (Wildman–Crippen LogP) is 1.22. The summed E-state index contributed by atoms with van der Waals surface area (Å²) in [6.07, 6.45) is 3.53. The molecule has 1 amide bonds. The number of nitrogens with zero attached hydrogens (tertiary/aromatic N) is 5. The van der Waals surface area contributed by atoms with E-state index in [0.29, 0.717) is 12.1 Å². The lowest BCUT2D eigenvalue weighted by Gasteiger charge is -2.15. The van der Waals surface area contributed by atoms with Crippen molar-refractivity contribution in [3.8, 4) is 0 Å². The molecule has 6 nitrogen and oxygen atoms in total. The van der Waals surface area contributed by atoms with Gasteiger partial charge in [-0.1, -0.05) is 0 Å². The van der Waals surface area contributed by atoms with Gasteiger partial charge < -0.3 is 4.90 Å². The second kappa shape index (κ2) is 5.26. The topological polar surface area (TPSA) is 56.0 Å². The molecule has 0 aliphatic carbocycles. The monoisotopic (exact) mass is 261 g/mol. The smallest absolute Gasteiger partial charge is 0.257 e. The second-order valence-electron chi connectivity index (χ2n) is 4.59. The van der Waals surface area contributed by atoms with Gasteiger partial charge in [-0.3, -0.25) is 14.2 Å². The summed E-state index contributed by atoms with van der Waals surface area (Å²) in [6.45, 7) is 5.25. The number of aromatic nitrogens is 4. The van der Waals surface area contributed by atoms with Gasteiger partial charge >= 0.3 is 0 Å². The van der Waals surface area contributed by atoms with Crippen LogP contribution in [0, 0.1) is 6.92 Å². The Balaban J connectivity index is 2.09. The molecule has 2 aromatic heterocycles. The van der Waals surface area contributed by atoms with Crippen LogP contribution in [0.25, 0.3) is 0 Å². The first kappa shape index (κ1) is 13.3. The standard InChI is InChI=1S/C13H19N5O/c1-5-18-7-6-11(15-18)9-16(3)13(19)12-8-14-17(4)10(12)2/h6-8H,5,9H2,1-4H3. The summed E-state index contributed by atoms with van der Waals surface area (Å²) in [4.78, 5) is 14.0. The molecule has 102 valence electrons. The highest BCUT2D eigenvalue weighted by Crippen LogP contribution is 2.10. The van der Waals surface area contributed by atoms with Crippen LogP contribution in [-0.4, -0.2) is 37.4 Å². The van der Waals surface area contributed by atoms with Gasteiger partial charge in [0.2, 0.25) is 0 Å². The van der Waals surface area contributed by atoms with Gasteiger partial charge in [0.05, 0.1) is 24.0 Å². The third-order valence-corrected chi connectivity index (χ3v) is 3.23. The van der Waals surface area contributed by atoms with Crippen LogP contribution in [0.1, 0.15) is 28.7 Å². The average molecular weight is 261 g/mol. The molecule has 0 radical (unpaired) electrons. The first-order chi connectivity index (χ1) is 9.02. The Morgan fingerprint density at radius 2 is 2.21 bits per heavy atom. The number of aryl methyl sites for hydroxylation is 2. The fourth-order valence-electron chi connectivity index (χ4n) is 1.89. The summed E-state index contributed by atoms with van der Waals surface area (Å²) < 4.78 is 3.55. The number of hydrogen-bond acceptors (Lipinski definition) is 3. The van der Waals surface area contributed by atoms with E-state index in [1.165, 1.54) is 0 Å². The van der Waals surface area contributed by atoms with Crippen LogP contribution in [0.15, 0.2) is 18.5 Å². The lowest BCUT2D eigenvalue weighted by Crippen LogP contribution is -2.26. The summed E-state index contributed by atoms with van der Waals surface area (Å²) >= 11 is 0. The second-order valence-corrected chi connectivity index (χ2v) is 4.59. The van der Waals surface area contributed by atoms with Crippen molar-refractivity contribution in [1.82, 2.24) is 24.5 Å². The van der Waals surface area contributed by atoms with Crippen LogP contribution in [-0.2, 0) is 20.1 Å². The zero-order valence-corrected chi connectivity index (χ0v) is 11.8. The SMILES string of the molecule is CCn1ccc(CN(C)C(=O)c2cnn(C)c2C)n1. The number of carbonyl (C=O) groups excluding carboxylic acids is 1. The van der Waals surface area contributed by atoms with Gasteiger partial charge in [-0.25, -0.2) is 0 Å². The van der Waals surface area contributed by atoms with Crippen molar-refractivity contribution < 1.29 is 4.79 Å². The molecular formula is C13H19N5O. The summed E-state index contributed by atoms with van der Waals surface area (Å²) in [5, 5.41) is 8.47. The van der Waals surface area contributed by atoms with Crippen LogP contribution in [0.5, 0.6) is 0 Å². The molecule has 2 aromatic rings. The Bertz CT molecular complexity index is 584. The number of carbonyl (C=O) groups is 1. The molecule has 0 bridgehead atoms. The van der Waals surface area contributed by atoms with Gasteiger partial charge in [0.1, 0.15) is 0 Å². The van der Waals surface area contributed by atoms with E-state index in [-0.39, 0.29) is 5.91 Å². The Hall–Kier alpha value is -2.11. The molecule has 0 unspecified atom stereocenters. The molecule has 2 rings (SSSR count). The Kier molecular flexibility index (Phi) is 3.69. The van der Waals surface area contributed by atoms with Crippen molar-refractivity contribution in [1.29, 1.82) is 0 Å². The summed E-state index contributed by atoms with van der Waals surface area (Å²) in [5.41, 5.74) is 2.40. The van der Waals surface area contributed by atoms with Gasteiger partial charge in [-0.15, -0.1) is 0 Å². The lowest BCUT2D eigenvalue weighted by atomic mass is 10.2. The molecule has 0 fully saturated rings. The van der Waals surface area contributed by atoms with Crippen molar-refractivity contribution >= 4 is 5.91 Å². The molecule has 0 aliphatic rings. The molecule has 0 atom stereocenters. The van der Waals surface area contributed by atoms with Gasteiger partial charge in [-0.2, -0.15) is 10.2 Å². The Labute approximate surface area is 112 Å². The van der Waals surface area contributed by atoms with Crippen molar-refractivity contribution in [2.24, 2.45) is 7.05 Å². The van der Waals surface area contributed by atoms with Crippen LogP contribution in [0.2, 0.25) is 0 Å². The predicted molar refractivity (Wildman–Crippen MR) is 71.6 cm³/mol. The van der Waals surface area contributed by atoms with Gasteiger partial charge in [0.25, 0.3) is 5.91 Å². The molecule has 2 heterocycles. The highest BCUT2D eigenvalue weighted by molar-refractivity contribution is 5.94. The highest BCUT2D eigenvalue weighted by atomic mass is 16.2. The third-order valence-electron chi connectivity index (χ3n) is 3.23. The summed E-state index contributed by atoms with van der Waals surface area (Å²) in [5.74, 6) is -0.0309. The van der Waals surface area contributed by atoms with E-state index in [2.05, 4.69) is 10.2 Å². The molecule has 0 N–H and O–H groups in total. The first-order valence-corrected chi connectivity index (χ1v) is 6.29. The van der Waals surface area contributed by atoms with E-state index < -0.39 is 0 Å². The van der Waals surface area contributed by atoms with Crippen LogP contribution in [0.3, 0.4) is 0 Å². The molecule has 6 heteroatoms. The van der Waals surface area contributed by atoms with Crippen LogP contribution < -0.4 is 0 Å². The van der Waals surface area contributed by atoms with E-state index >= 15 is 0 Å². The van der Waals surface area contributed by atoms with Gasteiger partial charge in [0, 0.05) is 32.5 Å². The molecule has 0 saturated carbocycles. The van der Waals surface area contributed by atoms with Crippen molar-refractivity contribution in [3.63, 3.8) is 0 Å². The minimum atomic E-state index is -0.0309. The van der Waals surface area contributed by atoms with E-state index in [1.807, 2.05) is 37.8 Å². The van der Waals surface area contributed by atoms with E-state index in [0.717, 1.165) is 17.9 Å². The summed E-state index contributed by atoms with van der Waals surface area (Å²) in [7, 11) is 3.61.